The second-order valence-corrected chi connectivity index (χ2v) is 5.82. The van der Waals surface area contributed by atoms with E-state index in [1.165, 1.54) is 18.3 Å². The van der Waals surface area contributed by atoms with Gasteiger partial charge in [0.25, 0.3) is 0 Å². The van der Waals surface area contributed by atoms with Crippen LogP contribution in [0.4, 0.5) is 0 Å². The number of rotatable bonds is 1. The van der Waals surface area contributed by atoms with Crippen LogP contribution in [0.1, 0.15) is 11.3 Å². The molecule has 2 rings (SSSR count). The number of nitrogens with zero attached hydrogens (tertiary/aromatic N) is 1. The molecule has 0 saturated heterocycles. The maximum absolute atomic E-state index is 4.69. The zero-order valence-corrected chi connectivity index (χ0v) is 13.4. The summed E-state index contributed by atoms with van der Waals surface area (Å²) in [6.07, 6.45) is 0. The number of pyridine rings is 1. The van der Waals surface area contributed by atoms with Crippen LogP contribution in [0.15, 0.2) is 30.3 Å². The predicted molar refractivity (Wildman–Crippen MR) is 84.6 cm³/mol. The fraction of sp³-hybridized carbons (Fsp3) is 0.154. The van der Waals surface area contributed by atoms with Crippen LogP contribution in [0.2, 0.25) is 0 Å². The zero-order valence-electron chi connectivity index (χ0n) is 9.09. The average molecular weight is 435 g/mol. The van der Waals surface area contributed by atoms with Crippen LogP contribution in [0.25, 0.3) is 11.3 Å². The third kappa shape index (κ3) is 2.25. The average Bonchev–Trinajstić information content (AvgIpc) is 2.32. The number of hydrogen-bond acceptors (Lipinski definition) is 1. The lowest BCUT2D eigenvalue weighted by molar-refractivity contribution is 1.14. The van der Waals surface area contributed by atoms with E-state index in [2.05, 4.69) is 88.3 Å². The maximum Gasteiger partial charge on any atom is 0.0842 e. The van der Waals surface area contributed by atoms with Crippen molar-refractivity contribution in [3.8, 4) is 11.3 Å². The molecule has 82 valence electrons. The fourth-order valence-corrected chi connectivity index (χ4v) is 3.21. The first kappa shape index (κ1) is 12.3. The molecule has 16 heavy (non-hydrogen) atoms. The third-order valence-corrected chi connectivity index (χ3v) is 5.42. The quantitative estimate of drug-likeness (QED) is 0.599. The van der Waals surface area contributed by atoms with E-state index in [1.54, 1.807) is 0 Å². The van der Waals surface area contributed by atoms with Crippen molar-refractivity contribution >= 4 is 45.2 Å². The smallest absolute Gasteiger partial charge is 0.0842 e. The van der Waals surface area contributed by atoms with Crippen LogP contribution < -0.4 is 0 Å². The van der Waals surface area contributed by atoms with Gasteiger partial charge < -0.3 is 0 Å². The second-order valence-electron chi connectivity index (χ2n) is 3.66. The number of halogens is 2. The molecule has 0 aliphatic rings. The highest BCUT2D eigenvalue weighted by Gasteiger charge is 2.12. The van der Waals surface area contributed by atoms with Crippen LogP contribution in [0.3, 0.4) is 0 Å². The molecule has 2 aromatic rings. The number of hydrogen-bond donors (Lipinski definition) is 0. The minimum Gasteiger partial charge on any atom is -0.251 e. The van der Waals surface area contributed by atoms with Crippen molar-refractivity contribution in [2.45, 2.75) is 13.8 Å². The molecule has 0 radical (unpaired) electrons. The van der Waals surface area contributed by atoms with E-state index in [0.29, 0.717) is 0 Å². The van der Waals surface area contributed by atoms with E-state index in [1.807, 2.05) is 6.07 Å². The van der Waals surface area contributed by atoms with Crippen molar-refractivity contribution in [3.05, 3.63) is 48.7 Å². The Hall–Kier alpha value is -0.170. The van der Waals surface area contributed by atoms with Crippen molar-refractivity contribution in [1.82, 2.24) is 4.98 Å². The van der Waals surface area contributed by atoms with Crippen molar-refractivity contribution in [2.24, 2.45) is 0 Å². The molecule has 0 aliphatic carbocycles. The summed E-state index contributed by atoms with van der Waals surface area (Å²) in [7, 11) is 0. The van der Waals surface area contributed by atoms with Crippen molar-refractivity contribution in [1.29, 1.82) is 0 Å². The van der Waals surface area contributed by atoms with Gasteiger partial charge in [-0.3, -0.25) is 4.98 Å². The standard InChI is InChI=1S/C13H11I2N/c1-8-11(14)9(2)16-13(12(8)15)10-6-4-3-5-7-10/h3-7H,1-2H3. The summed E-state index contributed by atoms with van der Waals surface area (Å²) in [4.78, 5) is 4.69. The van der Waals surface area contributed by atoms with Gasteiger partial charge in [-0.2, -0.15) is 0 Å². The maximum atomic E-state index is 4.69. The van der Waals surface area contributed by atoms with Gasteiger partial charge in [-0.05, 0) is 64.6 Å². The molecule has 0 bridgehead atoms. The van der Waals surface area contributed by atoms with Gasteiger partial charge in [0.15, 0.2) is 0 Å². The Kier molecular flexibility index (Phi) is 3.84. The van der Waals surface area contributed by atoms with Gasteiger partial charge in [-0.1, -0.05) is 30.3 Å². The Bertz CT molecular complexity index is 521. The van der Waals surface area contributed by atoms with E-state index in [9.17, 15) is 0 Å². The molecule has 0 fully saturated rings. The molecule has 0 amide bonds. The Balaban J connectivity index is 2.68. The SMILES string of the molecule is Cc1nc(-c2ccccc2)c(I)c(C)c1I. The third-order valence-electron chi connectivity index (χ3n) is 2.51. The summed E-state index contributed by atoms with van der Waals surface area (Å²) in [5.41, 5.74) is 4.72. The highest BCUT2D eigenvalue weighted by molar-refractivity contribution is 14.1. The van der Waals surface area contributed by atoms with Gasteiger partial charge in [-0.15, -0.1) is 0 Å². The van der Waals surface area contributed by atoms with Crippen molar-refractivity contribution in [2.75, 3.05) is 0 Å². The van der Waals surface area contributed by atoms with E-state index in [4.69, 9.17) is 0 Å². The topological polar surface area (TPSA) is 12.9 Å². The molecule has 1 aromatic heterocycles. The number of aromatic nitrogens is 1. The number of aryl methyl sites for hydroxylation is 1. The minimum absolute atomic E-state index is 1.09. The highest BCUT2D eigenvalue weighted by Crippen LogP contribution is 2.29. The molecule has 0 N–H and O–H groups in total. The summed E-state index contributed by atoms with van der Waals surface area (Å²) in [5.74, 6) is 0. The molecule has 1 nitrogen and oxygen atoms in total. The van der Waals surface area contributed by atoms with Crippen LogP contribution >= 0.6 is 45.2 Å². The zero-order chi connectivity index (χ0) is 11.7. The monoisotopic (exact) mass is 435 g/mol. The molecule has 0 saturated carbocycles. The summed E-state index contributed by atoms with van der Waals surface area (Å²) >= 11 is 4.75. The molecule has 0 atom stereocenters. The van der Waals surface area contributed by atoms with Crippen LogP contribution in [-0.2, 0) is 0 Å². The van der Waals surface area contributed by atoms with E-state index in [-0.39, 0.29) is 0 Å². The largest absolute Gasteiger partial charge is 0.251 e. The lowest BCUT2D eigenvalue weighted by Crippen LogP contribution is -1.99. The summed E-state index contributed by atoms with van der Waals surface area (Å²) in [6.45, 7) is 4.22. The first-order valence-electron chi connectivity index (χ1n) is 4.99. The van der Waals surface area contributed by atoms with E-state index < -0.39 is 0 Å². The van der Waals surface area contributed by atoms with E-state index in [0.717, 1.165) is 11.4 Å². The van der Waals surface area contributed by atoms with Gasteiger partial charge in [0.1, 0.15) is 0 Å². The summed E-state index contributed by atoms with van der Waals surface area (Å²) < 4.78 is 2.51. The first-order valence-corrected chi connectivity index (χ1v) is 7.14. The van der Waals surface area contributed by atoms with Crippen LogP contribution in [0, 0.1) is 21.0 Å². The van der Waals surface area contributed by atoms with Gasteiger partial charge in [0.2, 0.25) is 0 Å². The molecule has 0 unspecified atom stereocenters. The van der Waals surface area contributed by atoms with Crippen LogP contribution in [-0.4, -0.2) is 4.98 Å². The molecule has 0 spiro atoms. The first-order chi connectivity index (χ1) is 7.61. The van der Waals surface area contributed by atoms with Crippen molar-refractivity contribution in [3.63, 3.8) is 0 Å². The lowest BCUT2D eigenvalue weighted by Gasteiger charge is -2.10. The Morgan fingerprint density at radius 2 is 1.56 bits per heavy atom. The van der Waals surface area contributed by atoms with Gasteiger partial charge in [0.05, 0.1) is 11.4 Å². The second kappa shape index (κ2) is 5.00. The van der Waals surface area contributed by atoms with Gasteiger partial charge >= 0.3 is 0 Å². The Morgan fingerprint density at radius 1 is 0.938 bits per heavy atom. The Labute approximate surface area is 123 Å². The highest BCUT2D eigenvalue weighted by atomic mass is 127. The molecule has 1 aromatic carbocycles. The van der Waals surface area contributed by atoms with E-state index >= 15 is 0 Å². The lowest BCUT2D eigenvalue weighted by atomic mass is 10.1. The normalized spacial score (nSPS) is 10.5. The molecular weight excluding hydrogens is 424 g/mol. The van der Waals surface area contributed by atoms with Crippen molar-refractivity contribution < 1.29 is 0 Å². The van der Waals surface area contributed by atoms with Crippen LogP contribution in [0.5, 0.6) is 0 Å². The fourth-order valence-electron chi connectivity index (χ4n) is 1.60. The van der Waals surface area contributed by atoms with Gasteiger partial charge in [0, 0.05) is 12.7 Å². The Morgan fingerprint density at radius 3 is 2.19 bits per heavy atom. The minimum atomic E-state index is 1.09. The molecule has 3 heteroatoms. The summed E-state index contributed by atoms with van der Waals surface area (Å²) in [6, 6.07) is 10.3. The number of benzene rings is 1. The summed E-state index contributed by atoms with van der Waals surface area (Å²) in [5, 5.41) is 0. The molecular formula is C13H11I2N. The van der Waals surface area contributed by atoms with Gasteiger partial charge in [-0.25, -0.2) is 0 Å². The predicted octanol–water partition coefficient (Wildman–Crippen LogP) is 4.57. The molecule has 1 heterocycles. The molecule has 0 aliphatic heterocycles.